The van der Waals surface area contributed by atoms with Crippen molar-refractivity contribution < 1.29 is 0 Å². The molecule has 1 aromatic heterocycles. The van der Waals surface area contributed by atoms with Crippen LogP contribution in [0.4, 0.5) is 5.69 Å². The van der Waals surface area contributed by atoms with E-state index >= 15 is 0 Å². The minimum absolute atomic E-state index is 0. The fourth-order valence-corrected chi connectivity index (χ4v) is 7.28. The van der Waals surface area contributed by atoms with Crippen molar-refractivity contribution in [2.45, 2.75) is 112 Å². The number of allylic oxidation sites excluding steroid dienone is 3. The maximum Gasteiger partial charge on any atom is 0.0552 e. The van der Waals surface area contributed by atoms with Crippen molar-refractivity contribution in [2.24, 2.45) is 11.8 Å². The van der Waals surface area contributed by atoms with E-state index in [-0.39, 0.29) is 14.9 Å². The molecule has 0 bridgehead atoms. The Hall–Kier alpha value is -1.85. The van der Waals surface area contributed by atoms with E-state index in [1.54, 1.807) is 0 Å². The molecule has 0 aromatic carbocycles. The van der Waals surface area contributed by atoms with E-state index in [9.17, 15) is 0 Å². The monoisotopic (exact) mass is 596 g/mol. The van der Waals surface area contributed by atoms with E-state index in [1.165, 1.54) is 160 Å². The van der Waals surface area contributed by atoms with Crippen LogP contribution in [0.1, 0.15) is 112 Å². The van der Waals surface area contributed by atoms with Crippen LogP contribution < -0.4 is 4.90 Å². The zero-order valence-corrected chi connectivity index (χ0v) is 26.7. The molecule has 43 heavy (non-hydrogen) atoms. The molecule has 0 spiro atoms. The van der Waals surface area contributed by atoms with Gasteiger partial charge in [0.2, 0.25) is 0 Å². The van der Waals surface area contributed by atoms with Crippen LogP contribution in [-0.4, -0.2) is 85.1 Å². The Morgan fingerprint density at radius 3 is 1.88 bits per heavy atom. The number of hydrogen-bond acceptors (Lipinski definition) is 5. The molecule has 5 aliphatic rings. The Kier molecular flexibility index (Phi) is 18.9. The summed E-state index contributed by atoms with van der Waals surface area (Å²) in [6.45, 7) is 17.0. The van der Waals surface area contributed by atoms with Crippen LogP contribution in [0.3, 0.4) is 0 Å². The number of likely N-dealkylation sites (tertiary alicyclic amines) is 3. The van der Waals surface area contributed by atoms with Gasteiger partial charge in [-0.1, -0.05) is 53.7 Å². The number of pyridine rings is 1. The van der Waals surface area contributed by atoms with Crippen molar-refractivity contribution >= 4 is 5.69 Å². The van der Waals surface area contributed by atoms with Crippen molar-refractivity contribution in [3.63, 3.8) is 0 Å². The van der Waals surface area contributed by atoms with Crippen LogP contribution in [0.15, 0.2) is 48.5 Å². The molecule has 6 rings (SSSR count). The highest BCUT2D eigenvalue weighted by Gasteiger charge is 2.23. The number of piperidine rings is 4. The first-order valence-corrected chi connectivity index (χ1v) is 17.5. The van der Waals surface area contributed by atoms with Gasteiger partial charge in [-0.15, -0.1) is 0 Å². The first-order valence-electron chi connectivity index (χ1n) is 17.5. The molecule has 1 aromatic rings. The lowest BCUT2D eigenvalue weighted by Crippen LogP contribution is -2.40. The highest BCUT2D eigenvalue weighted by molar-refractivity contribution is 5.43. The predicted octanol–water partition coefficient (Wildman–Crippen LogP) is 8.89. The van der Waals surface area contributed by atoms with Crippen LogP contribution >= 0.6 is 0 Å². The minimum Gasteiger partial charge on any atom is -0.372 e. The Balaban J connectivity index is 0.000000272. The second-order valence-corrected chi connectivity index (χ2v) is 12.7. The molecule has 0 amide bonds. The van der Waals surface area contributed by atoms with Crippen LogP contribution in [0.2, 0.25) is 0 Å². The highest BCUT2D eigenvalue weighted by Crippen LogP contribution is 2.26. The van der Waals surface area contributed by atoms with Gasteiger partial charge in [-0.05, 0) is 133 Å². The van der Waals surface area contributed by atoms with Crippen molar-refractivity contribution in [1.29, 1.82) is 0 Å². The Labute approximate surface area is 267 Å². The maximum absolute atomic E-state index is 4.22. The van der Waals surface area contributed by atoms with E-state index in [0.29, 0.717) is 0 Å². The van der Waals surface area contributed by atoms with Gasteiger partial charge in [0.15, 0.2) is 0 Å². The van der Waals surface area contributed by atoms with E-state index in [2.05, 4.69) is 48.9 Å². The summed E-state index contributed by atoms with van der Waals surface area (Å²) in [4.78, 5) is 14.7. The van der Waals surface area contributed by atoms with Crippen molar-refractivity contribution in [3.05, 3.63) is 48.5 Å². The molecular weight excluding hydrogens is 526 g/mol. The molecule has 0 N–H and O–H groups in total. The summed E-state index contributed by atoms with van der Waals surface area (Å²) in [7, 11) is 0. The summed E-state index contributed by atoms with van der Waals surface area (Å²) in [5, 5.41) is 0. The van der Waals surface area contributed by atoms with Crippen LogP contribution in [0.5, 0.6) is 0 Å². The van der Waals surface area contributed by atoms with Gasteiger partial charge in [0.1, 0.15) is 0 Å². The zero-order chi connectivity index (χ0) is 28.5. The molecule has 4 saturated heterocycles. The van der Waals surface area contributed by atoms with E-state index in [1.807, 2.05) is 32.3 Å². The predicted molar refractivity (Wildman–Crippen MR) is 190 cm³/mol. The summed E-state index contributed by atoms with van der Waals surface area (Å²) in [6, 6.07) is 4.22. The first-order chi connectivity index (χ1) is 20.3. The van der Waals surface area contributed by atoms with Crippen LogP contribution in [0.25, 0.3) is 0 Å². The van der Waals surface area contributed by atoms with Crippen molar-refractivity contribution in [3.8, 4) is 0 Å². The van der Waals surface area contributed by atoms with E-state index in [4.69, 9.17) is 0 Å². The highest BCUT2D eigenvalue weighted by atomic mass is 15.2. The Morgan fingerprint density at radius 2 is 1.30 bits per heavy atom. The Bertz CT molecular complexity index is 856. The normalized spacial score (nSPS) is 22.1. The number of rotatable bonds is 7. The molecule has 0 atom stereocenters. The summed E-state index contributed by atoms with van der Waals surface area (Å²) in [5.74, 6) is 1.88. The van der Waals surface area contributed by atoms with E-state index in [0.717, 1.165) is 11.8 Å². The summed E-state index contributed by atoms with van der Waals surface area (Å²) in [5.41, 5.74) is 2.78. The van der Waals surface area contributed by atoms with Crippen LogP contribution in [-0.2, 0) is 0 Å². The Morgan fingerprint density at radius 1 is 0.698 bits per heavy atom. The van der Waals surface area contributed by atoms with Gasteiger partial charge in [-0.25, -0.2) is 0 Å². The van der Waals surface area contributed by atoms with Gasteiger partial charge in [0.05, 0.1) is 11.9 Å². The average Bonchev–Trinajstić information content (AvgIpc) is 3.07. The standard InChI is InChI=1S/C18H30N2.C16H25N3.C2H6.2CH4/c1-3-7-18(8-4-1)20-15-10-17(11-16-20)9-14-19-12-5-2-6-13-19;1-2-9-18(10-3-1)14-15-6-11-19(12-7-15)16-5-4-8-17-13-16;1-2;;/h3,7-8,17H,1-2,4-6,9-16H2;4-5,8,13,15H,1-3,6-7,9-12,14H2;1-2H3;2*1H4. The number of aromatic nitrogens is 1. The van der Waals surface area contributed by atoms with Crippen molar-refractivity contribution in [1.82, 2.24) is 19.7 Å². The molecule has 4 fully saturated rings. The molecule has 5 nitrogen and oxygen atoms in total. The van der Waals surface area contributed by atoms with E-state index < -0.39 is 0 Å². The molecule has 0 unspecified atom stereocenters. The lowest BCUT2D eigenvalue weighted by Gasteiger charge is -2.37. The molecule has 0 radical (unpaired) electrons. The summed E-state index contributed by atoms with van der Waals surface area (Å²) >= 11 is 0. The molecule has 246 valence electrons. The summed E-state index contributed by atoms with van der Waals surface area (Å²) < 4.78 is 0. The average molecular weight is 596 g/mol. The number of nitrogens with zero attached hydrogens (tertiary/aromatic N) is 5. The molecule has 0 saturated carbocycles. The van der Waals surface area contributed by atoms with Crippen molar-refractivity contribution in [2.75, 3.05) is 70.3 Å². The number of anilines is 1. The third-order valence-electron chi connectivity index (χ3n) is 9.85. The molecular formula is C38H69N5. The smallest absolute Gasteiger partial charge is 0.0552 e. The number of hydrogen-bond donors (Lipinski definition) is 0. The lowest BCUT2D eigenvalue weighted by molar-refractivity contribution is 0.178. The second-order valence-electron chi connectivity index (χ2n) is 12.7. The maximum atomic E-state index is 4.22. The fourth-order valence-electron chi connectivity index (χ4n) is 7.28. The minimum atomic E-state index is 0. The largest absolute Gasteiger partial charge is 0.372 e. The SMILES string of the molecule is C.C.C1=CC(N2CCC(CCN3CCCCC3)CC2)=CCC1.CC.c1cncc(N2CCC(CN3CCCCC3)CC2)c1. The van der Waals surface area contributed by atoms with Crippen LogP contribution in [0, 0.1) is 11.8 Å². The van der Waals surface area contributed by atoms with Gasteiger partial charge < -0.3 is 19.6 Å². The first kappa shape index (κ1) is 37.3. The quantitative estimate of drug-likeness (QED) is 0.314. The molecule has 5 heterocycles. The van der Waals surface area contributed by atoms with Gasteiger partial charge >= 0.3 is 0 Å². The summed E-state index contributed by atoms with van der Waals surface area (Å²) in [6.07, 6.45) is 28.9. The van der Waals surface area contributed by atoms with Gasteiger partial charge in [-0.2, -0.15) is 0 Å². The van der Waals surface area contributed by atoms with Gasteiger partial charge in [0, 0.05) is 44.6 Å². The molecule has 5 heteroatoms. The van der Waals surface area contributed by atoms with Gasteiger partial charge in [0.25, 0.3) is 0 Å². The second kappa shape index (κ2) is 21.8. The fraction of sp³-hybridized carbons (Fsp3) is 0.763. The lowest BCUT2D eigenvalue weighted by atomic mass is 9.92. The zero-order valence-electron chi connectivity index (χ0n) is 26.7. The molecule has 4 aliphatic heterocycles. The third kappa shape index (κ3) is 13.0. The molecule has 1 aliphatic carbocycles. The third-order valence-corrected chi connectivity index (χ3v) is 9.85. The van der Waals surface area contributed by atoms with Gasteiger partial charge in [-0.3, -0.25) is 4.98 Å². The topological polar surface area (TPSA) is 25.9 Å².